The van der Waals surface area contributed by atoms with Crippen molar-refractivity contribution in [2.45, 2.75) is 26.2 Å². The lowest BCUT2D eigenvalue weighted by Gasteiger charge is -2.08. The molecule has 0 radical (unpaired) electrons. The highest BCUT2D eigenvalue weighted by Gasteiger charge is 2.61. The molecule has 1 aliphatic rings. The number of nitrogens with zero attached hydrogens (tertiary/aromatic N) is 2. The van der Waals surface area contributed by atoms with E-state index in [0.717, 1.165) is 17.1 Å². The van der Waals surface area contributed by atoms with Crippen LogP contribution in [0.3, 0.4) is 0 Å². The molecule has 1 unspecified atom stereocenters. The van der Waals surface area contributed by atoms with Crippen molar-refractivity contribution in [2.75, 3.05) is 5.32 Å². The zero-order valence-electron chi connectivity index (χ0n) is 11.7. The van der Waals surface area contributed by atoms with Gasteiger partial charge in [0.2, 0.25) is 5.91 Å². The van der Waals surface area contributed by atoms with E-state index in [1.807, 2.05) is 30.5 Å². The van der Waals surface area contributed by atoms with E-state index in [2.05, 4.69) is 10.3 Å². The van der Waals surface area contributed by atoms with Gasteiger partial charge in [-0.15, -0.1) is 0 Å². The minimum Gasteiger partial charge on any atom is -0.326 e. The van der Waals surface area contributed by atoms with Crippen LogP contribution in [0.15, 0.2) is 30.6 Å². The first-order valence-electron chi connectivity index (χ1n) is 6.68. The van der Waals surface area contributed by atoms with E-state index in [9.17, 15) is 13.6 Å². The number of anilines is 1. The van der Waals surface area contributed by atoms with Crippen LogP contribution in [0.25, 0.3) is 5.69 Å². The Balaban J connectivity index is 1.73. The first kappa shape index (κ1) is 13.7. The highest BCUT2D eigenvalue weighted by Crippen LogP contribution is 2.49. The first-order valence-corrected chi connectivity index (χ1v) is 6.68. The predicted molar refractivity (Wildman–Crippen MR) is 74.7 cm³/mol. The smallest absolute Gasteiger partial charge is 0.260 e. The van der Waals surface area contributed by atoms with E-state index in [4.69, 9.17) is 0 Å². The van der Waals surface area contributed by atoms with E-state index in [0.29, 0.717) is 5.69 Å². The molecule has 4 nitrogen and oxygen atoms in total. The summed E-state index contributed by atoms with van der Waals surface area (Å²) in [6.07, 6.45) is 1.37. The minimum atomic E-state index is -2.84. The number of hydrogen-bond acceptors (Lipinski definition) is 2. The number of aromatic nitrogens is 2. The van der Waals surface area contributed by atoms with Gasteiger partial charge in [0.15, 0.2) is 0 Å². The van der Waals surface area contributed by atoms with Crippen LogP contribution in [0, 0.1) is 19.8 Å². The summed E-state index contributed by atoms with van der Waals surface area (Å²) >= 11 is 0. The molecule has 1 atom stereocenters. The van der Waals surface area contributed by atoms with Crippen molar-refractivity contribution in [1.29, 1.82) is 0 Å². The summed E-state index contributed by atoms with van der Waals surface area (Å²) in [4.78, 5) is 15.8. The molecule has 0 aliphatic heterocycles. The second-order valence-corrected chi connectivity index (χ2v) is 5.34. The fourth-order valence-electron chi connectivity index (χ4n) is 2.19. The number of rotatable bonds is 3. The minimum absolute atomic E-state index is 0.357. The second-order valence-electron chi connectivity index (χ2n) is 5.34. The van der Waals surface area contributed by atoms with Crippen molar-refractivity contribution in [1.82, 2.24) is 9.55 Å². The molecule has 110 valence electrons. The number of amides is 1. The number of aryl methyl sites for hydroxylation is 1. The molecule has 1 aromatic heterocycles. The molecule has 1 amide bonds. The monoisotopic (exact) mass is 291 g/mol. The third kappa shape index (κ3) is 2.53. The molecule has 0 bridgehead atoms. The lowest BCUT2D eigenvalue weighted by molar-refractivity contribution is -0.119. The Labute approximate surface area is 120 Å². The van der Waals surface area contributed by atoms with Crippen molar-refractivity contribution in [3.8, 4) is 5.69 Å². The average molecular weight is 291 g/mol. The quantitative estimate of drug-likeness (QED) is 0.944. The van der Waals surface area contributed by atoms with Gasteiger partial charge in [0.05, 0.1) is 12.0 Å². The summed E-state index contributed by atoms with van der Waals surface area (Å²) in [6, 6.07) is 7.02. The largest absolute Gasteiger partial charge is 0.326 e. The normalized spacial score (nSPS) is 19.3. The molecule has 1 aliphatic carbocycles. The van der Waals surface area contributed by atoms with E-state index in [-0.39, 0.29) is 6.42 Å². The van der Waals surface area contributed by atoms with E-state index in [1.54, 1.807) is 18.5 Å². The van der Waals surface area contributed by atoms with Gasteiger partial charge in [-0.2, -0.15) is 0 Å². The fraction of sp³-hybridized carbons (Fsp3) is 0.333. The van der Waals surface area contributed by atoms with Crippen LogP contribution in [-0.4, -0.2) is 21.4 Å². The van der Waals surface area contributed by atoms with Crippen LogP contribution in [0.5, 0.6) is 0 Å². The van der Waals surface area contributed by atoms with Crippen LogP contribution in [0.4, 0.5) is 14.5 Å². The molecule has 3 rings (SSSR count). The predicted octanol–water partition coefficient (Wildman–Crippen LogP) is 3.08. The van der Waals surface area contributed by atoms with Gasteiger partial charge in [0, 0.05) is 23.5 Å². The van der Waals surface area contributed by atoms with Crippen molar-refractivity contribution >= 4 is 11.6 Å². The molecular weight excluding hydrogens is 276 g/mol. The maximum absolute atomic E-state index is 12.8. The van der Waals surface area contributed by atoms with E-state index < -0.39 is 17.7 Å². The molecule has 0 spiro atoms. The van der Waals surface area contributed by atoms with Crippen LogP contribution >= 0.6 is 0 Å². The van der Waals surface area contributed by atoms with Crippen molar-refractivity contribution in [2.24, 2.45) is 5.92 Å². The molecule has 21 heavy (non-hydrogen) atoms. The second kappa shape index (κ2) is 4.65. The van der Waals surface area contributed by atoms with E-state index >= 15 is 0 Å². The molecule has 1 heterocycles. The molecule has 6 heteroatoms. The van der Waals surface area contributed by atoms with Crippen molar-refractivity contribution in [3.05, 3.63) is 42.0 Å². The number of benzene rings is 1. The van der Waals surface area contributed by atoms with Crippen LogP contribution in [-0.2, 0) is 4.79 Å². The SMILES string of the molecule is Cc1ncn(-c2ccc(NC(=O)C3CC3(F)F)cc2)c1C. The number of nitrogens with one attached hydrogen (secondary N) is 1. The molecule has 1 aromatic carbocycles. The highest BCUT2D eigenvalue weighted by atomic mass is 19.3. The molecule has 1 fully saturated rings. The van der Waals surface area contributed by atoms with E-state index in [1.165, 1.54) is 0 Å². The Kier molecular flexibility index (Phi) is 3.04. The van der Waals surface area contributed by atoms with Crippen LogP contribution < -0.4 is 5.32 Å². The van der Waals surface area contributed by atoms with Gasteiger partial charge in [-0.05, 0) is 38.1 Å². The lowest BCUT2D eigenvalue weighted by atomic mass is 10.2. The number of carbonyl (C=O) groups is 1. The number of imidazole rings is 1. The van der Waals surface area contributed by atoms with Gasteiger partial charge < -0.3 is 9.88 Å². The Morgan fingerprint density at radius 1 is 1.33 bits per heavy atom. The van der Waals surface area contributed by atoms with Crippen LogP contribution in [0.1, 0.15) is 17.8 Å². The maximum atomic E-state index is 12.8. The number of alkyl halides is 2. The zero-order valence-corrected chi connectivity index (χ0v) is 11.7. The molecule has 0 saturated heterocycles. The van der Waals surface area contributed by atoms with Gasteiger partial charge in [0.1, 0.15) is 5.92 Å². The summed E-state index contributed by atoms with van der Waals surface area (Å²) < 4.78 is 27.5. The Bertz CT molecular complexity index is 691. The van der Waals surface area contributed by atoms with Crippen molar-refractivity contribution in [3.63, 3.8) is 0 Å². The van der Waals surface area contributed by atoms with Gasteiger partial charge in [-0.3, -0.25) is 4.79 Å². The molecular formula is C15H15F2N3O. The summed E-state index contributed by atoms with van der Waals surface area (Å²) in [6.45, 7) is 3.89. The van der Waals surface area contributed by atoms with Crippen molar-refractivity contribution < 1.29 is 13.6 Å². The summed E-state index contributed by atoms with van der Waals surface area (Å²) in [5.74, 6) is -4.65. The number of hydrogen-bond donors (Lipinski definition) is 1. The lowest BCUT2D eigenvalue weighted by Crippen LogP contribution is -2.17. The van der Waals surface area contributed by atoms with Gasteiger partial charge in [0.25, 0.3) is 5.92 Å². The third-order valence-electron chi connectivity index (χ3n) is 3.81. The fourth-order valence-corrected chi connectivity index (χ4v) is 2.19. The molecule has 1 N–H and O–H groups in total. The highest BCUT2D eigenvalue weighted by molar-refractivity contribution is 5.95. The standard InChI is InChI=1S/C15H15F2N3O/c1-9-10(2)20(8-18-9)12-5-3-11(4-6-12)19-14(21)13-7-15(13,16)17/h3-6,8,13H,7H2,1-2H3,(H,19,21). The number of halogens is 2. The van der Waals surface area contributed by atoms with Gasteiger partial charge in [-0.25, -0.2) is 13.8 Å². The Morgan fingerprint density at radius 3 is 2.43 bits per heavy atom. The zero-order chi connectivity index (χ0) is 15.2. The topological polar surface area (TPSA) is 46.9 Å². The molecule has 1 saturated carbocycles. The Morgan fingerprint density at radius 2 is 1.95 bits per heavy atom. The molecule has 2 aromatic rings. The summed E-state index contributed by atoms with van der Waals surface area (Å²) in [5, 5.41) is 2.51. The van der Waals surface area contributed by atoms with Crippen LogP contribution in [0.2, 0.25) is 0 Å². The third-order valence-corrected chi connectivity index (χ3v) is 3.81. The van der Waals surface area contributed by atoms with Gasteiger partial charge >= 0.3 is 0 Å². The number of carbonyl (C=O) groups excluding carboxylic acids is 1. The first-order chi connectivity index (χ1) is 9.88. The summed E-state index contributed by atoms with van der Waals surface area (Å²) in [7, 11) is 0. The summed E-state index contributed by atoms with van der Waals surface area (Å²) in [5.41, 5.74) is 3.40. The Hall–Kier alpha value is -2.24. The van der Waals surface area contributed by atoms with Gasteiger partial charge in [-0.1, -0.05) is 0 Å². The average Bonchev–Trinajstić information content (AvgIpc) is 2.96. The maximum Gasteiger partial charge on any atom is 0.260 e.